The third kappa shape index (κ3) is 5.43. The average molecular weight is 280 g/mol. The zero-order valence-electron chi connectivity index (χ0n) is 13.2. The van der Waals surface area contributed by atoms with Crippen LogP contribution in [0.4, 0.5) is 0 Å². The number of nitrogens with zero attached hydrogens (tertiary/aromatic N) is 1. The molecule has 1 aliphatic heterocycles. The lowest BCUT2D eigenvalue weighted by molar-refractivity contribution is -0.131. The van der Waals surface area contributed by atoms with Crippen LogP contribution in [0.2, 0.25) is 0 Å². The summed E-state index contributed by atoms with van der Waals surface area (Å²) in [6.07, 6.45) is 12.5. The number of piperidine rings is 1. The Morgan fingerprint density at radius 2 is 1.65 bits per heavy atom. The lowest BCUT2D eigenvalue weighted by Gasteiger charge is -2.26. The van der Waals surface area contributed by atoms with Crippen LogP contribution in [0.3, 0.4) is 0 Å². The van der Waals surface area contributed by atoms with Crippen molar-refractivity contribution in [3.05, 3.63) is 0 Å². The molecular weight excluding hydrogens is 248 g/mol. The molecular formula is C17H32N2O. The molecule has 20 heavy (non-hydrogen) atoms. The highest BCUT2D eigenvalue weighted by Crippen LogP contribution is 2.26. The Morgan fingerprint density at radius 1 is 1.00 bits per heavy atom. The van der Waals surface area contributed by atoms with Crippen LogP contribution in [-0.4, -0.2) is 37.5 Å². The second kappa shape index (κ2) is 8.66. The SMILES string of the molecule is CN(CCC1CCNCC1)C(=O)CC1CCCCCC1. The monoisotopic (exact) mass is 280 g/mol. The van der Waals surface area contributed by atoms with E-state index in [1.54, 1.807) is 0 Å². The van der Waals surface area contributed by atoms with Gasteiger partial charge in [-0.2, -0.15) is 0 Å². The van der Waals surface area contributed by atoms with Crippen molar-refractivity contribution in [3.8, 4) is 0 Å². The number of amides is 1. The number of carbonyl (C=O) groups is 1. The Bertz CT molecular complexity index is 279. The second-order valence-corrected chi connectivity index (χ2v) is 6.86. The van der Waals surface area contributed by atoms with Crippen LogP contribution >= 0.6 is 0 Å². The van der Waals surface area contributed by atoms with E-state index in [1.807, 2.05) is 11.9 Å². The van der Waals surface area contributed by atoms with Crippen LogP contribution in [0, 0.1) is 11.8 Å². The Kier molecular flexibility index (Phi) is 6.85. The lowest BCUT2D eigenvalue weighted by atomic mass is 9.94. The minimum Gasteiger partial charge on any atom is -0.346 e. The highest BCUT2D eigenvalue weighted by atomic mass is 16.2. The van der Waals surface area contributed by atoms with E-state index in [4.69, 9.17) is 0 Å². The van der Waals surface area contributed by atoms with E-state index in [9.17, 15) is 4.79 Å². The highest BCUT2D eigenvalue weighted by Gasteiger charge is 2.19. The Labute approximate surface area is 124 Å². The van der Waals surface area contributed by atoms with Crippen LogP contribution in [-0.2, 0) is 4.79 Å². The Morgan fingerprint density at radius 3 is 2.30 bits per heavy atom. The van der Waals surface area contributed by atoms with Gasteiger partial charge in [0.25, 0.3) is 0 Å². The molecule has 1 aliphatic carbocycles. The van der Waals surface area contributed by atoms with Crippen LogP contribution in [0.15, 0.2) is 0 Å². The number of rotatable bonds is 5. The Hall–Kier alpha value is -0.570. The van der Waals surface area contributed by atoms with Gasteiger partial charge in [-0.1, -0.05) is 25.7 Å². The van der Waals surface area contributed by atoms with Gasteiger partial charge in [0.05, 0.1) is 0 Å². The molecule has 0 spiro atoms. The third-order valence-corrected chi connectivity index (χ3v) is 5.20. The van der Waals surface area contributed by atoms with Gasteiger partial charge in [0.15, 0.2) is 0 Å². The molecule has 1 heterocycles. The molecule has 3 heteroatoms. The third-order valence-electron chi connectivity index (χ3n) is 5.20. The van der Waals surface area contributed by atoms with Crippen molar-refractivity contribution in [2.45, 2.75) is 64.2 Å². The molecule has 0 aromatic rings. The van der Waals surface area contributed by atoms with E-state index in [0.29, 0.717) is 11.8 Å². The molecule has 0 radical (unpaired) electrons. The van der Waals surface area contributed by atoms with Crippen molar-refractivity contribution < 1.29 is 4.79 Å². The largest absolute Gasteiger partial charge is 0.346 e. The normalized spacial score (nSPS) is 22.4. The molecule has 1 saturated carbocycles. The van der Waals surface area contributed by atoms with Crippen molar-refractivity contribution in [3.63, 3.8) is 0 Å². The summed E-state index contributed by atoms with van der Waals surface area (Å²) in [5.41, 5.74) is 0. The number of hydrogen-bond donors (Lipinski definition) is 1. The van der Waals surface area contributed by atoms with Gasteiger partial charge in [-0.3, -0.25) is 4.79 Å². The van der Waals surface area contributed by atoms with Gasteiger partial charge >= 0.3 is 0 Å². The molecule has 0 aromatic heterocycles. The first-order valence-corrected chi connectivity index (χ1v) is 8.70. The fourth-order valence-electron chi connectivity index (χ4n) is 3.64. The van der Waals surface area contributed by atoms with E-state index >= 15 is 0 Å². The molecule has 1 amide bonds. The van der Waals surface area contributed by atoms with Crippen LogP contribution < -0.4 is 5.32 Å². The minimum absolute atomic E-state index is 0.380. The number of nitrogens with one attached hydrogen (secondary N) is 1. The Balaban J connectivity index is 1.65. The molecule has 0 aromatic carbocycles. The van der Waals surface area contributed by atoms with Gasteiger partial charge in [0.2, 0.25) is 5.91 Å². The fraction of sp³-hybridized carbons (Fsp3) is 0.941. The molecule has 1 saturated heterocycles. The molecule has 116 valence electrons. The fourth-order valence-corrected chi connectivity index (χ4v) is 3.64. The van der Waals surface area contributed by atoms with Gasteiger partial charge in [-0.15, -0.1) is 0 Å². The quantitative estimate of drug-likeness (QED) is 0.784. The number of hydrogen-bond acceptors (Lipinski definition) is 2. The van der Waals surface area contributed by atoms with Gasteiger partial charge in [0.1, 0.15) is 0 Å². The molecule has 2 aliphatic rings. The molecule has 0 atom stereocenters. The maximum atomic E-state index is 12.3. The van der Waals surface area contributed by atoms with Crippen LogP contribution in [0.25, 0.3) is 0 Å². The maximum absolute atomic E-state index is 12.3. The van der Waals surface area contributed by atoms with Crippen molar-refractivity contribution in [1.82, 2.24) is 10.2 Å². The van der Waals surface area contributed by atoms with E-state index in [2.05, 4.69) is 5.32 Å². The van der Waals surface area contributed by atoms with Crippen LogP contribution in [0.1, 0.15) is 64.2 Å². The summed E-state index contributed by atoms with van der Waals surface area (Å²) in [4.78, 5) is 14.3. The van der Waals surface area contributed by atoms with E-state index in [1.165, 1.54) is 57.8 Å². The minimum atomic E-state index is 0.380. The second-order valence-electron chi connectivity index (χ2n) is 6.86. The lowest BCUT2D eigenvalue weighted by Crippen LogP contribution is -2.33. The standard InChI is InChI=1S/C17H32N2O/c1-19(13-10-15-8-11-18-12-9-15)17(20)14-16-6-4-2-3-5-7-16/h15-16,18H,2-14H2,1H3. The summed E-state index contributed by atoms with van der Waals surface area (Å²) in [6.45, 7) is 3.27. The summed E-state index contributed by atoms with van der Waals surface area (Å²) in [5, 5.41) is 3.40. The van der Waals surface area contributed by atoms with Crippen molar-refractivity contribution in [1.29, 1.82) is 0 Å². The maximum Gasteiger partial charge on any atom is 0.222 e. The van der Waals surface area contributed by atoms with E-state index in [-0.39, 0.29) is 0 Å². The topological polar surface area (TPSA) is 32.3 Å². The first kappa shape index (κ1) is 15.8. The molecule has 2 rings (SSSR count). The van der Waals surface area contributed by atoms with Crippen LogP contribution in [0.5, 0.6) is 0 Å². The zero-order chi connectivity index (χ0) is 14.2. The van der Waals surface area contributed by atoms with Gasteiger partial charge in [-0.25, -0.2) is 0 Å². The zero-order valence-corrected chi connectivity index (χ0v) is 13.2. The van der Waals surface area contributed by atoms with Gasteiger partial charge in [-0.05, 0) is 57.0 Å². The highest BCUT2D eigenvalue weighted by molar-refractivity contribution is 5.76. The van der Waals surface area contributed by atoms with E-state index < -0.39 is 0 Å². The molecule has 2 fully saturated rings. The predicted octanol–water partition coefficient (Wildman–Crippen LogP) is 3.20. The summed E-state index contributed by atoms with van der Waals surface area (Å²) >= 11 is 0. The van der Waals surface area contributed by atoms with Crippen molar-refractivity contribution >= 4 is 5.91 Å². The molecule has 1 N–H and O–H groups in total. The average Bonchev–Trinajstić information content (AvgIpc) is 2.74. The van der Waals surface area contributed by atoms with Gasteiger partial charge < -0.3 is 10.2 Å². The summed E-state index contributed by atoms with van der Waals surface area (Å²) in [6, 6.07) is 0. The van der Waals surface area contributed by atoms with Gasteiger partial charge in [0, 0.05) is 20.0 Å². The predicted molar refractivity (Wildman–Crippen MR) is 83.7 cm³/mol. The molecule has 0 bridgehead atoms. The summed E-state index contributed by atoms with van der Waals surface area (Å²) in [5.74, 6) is 1.86. The smallest absolute Gasteiger partial charge is 0.222 e. The van der Waals surface area contributed by atoms with Crippen molar-refractivity contribution in [2.24, 2.45) is 11.8 Å². The van der Waals surface area contributed by atoms with E-state index in [0.717, 1.165) is 32.0 Å². The van der Waals surface area contributed by atoms with Crippen molar-refractivity contribution in [2.75, 3.05) is 26.7 Å². The summed E-state index contributed by atoms with van der Waals surface area (Å²) < 4.78 is 0. The summed E-state index contributed by atoms with van der Waals surface area (Å²) in [7, 11) is 2.00. The number of carbonyl (C=O) groups excluding carboxylic acids is 1. The molecule has 3 nitrogen and oxygen atoms in total. The first-order valence-electron chi connectivity index (χ1n) is 8.70. The first-order chi connectivity index (χ1) is 9.75. The molecule has 0 unspecified atom stereocenters.